The third kappa shape index (κ3) is 8.14. The summed E-state index contributed by atoms with van der Waals surface area (Å²) in [7, 11) is -1.35. The minimum absolute atomic E-state index is 0.0448. The van der Waals surface area contributed by atoms with Crippen molar-refractivity contribution in [2.24, 2.45) is 11.3 Å². The first-order chi connectivity index (χ1) is 26.0. The average Bonchev–Trinajstić information content (AvgIpc) is 4.09. The minimum atomic E-state index is -3.94. The van der Waals surface area contributed by atoms with Crippen molar-refractivity contribution in [2.45, 2.75) is 75.4 Å². The molecule has 292 valence electrons. The number of carbonyl (C=O) groups excluding carboxylic acids is 5. The Balaban J connectivity index is 1.35. The highest BCUT2D eigenvalue weighted by atomic mass is 32.2. The molecule has 3 fully saturated rings. The van der Waals surface area contributed by atoms with Crippen LogP contribution >= 0.6 is 0 Å². The van der Waals surface area contributed by atoms with Crippen molar-refractivity contribution in [3.63, 3.8) is 0 Å². The fourth-order valence-electron chi connectivity index (χ4n) is 6.83. The molecular weight excluding hydrogens is 731 g/mol. The molecule has 16 heteroatoms. The van der Waals surface area contributed by atoms with E-state index in [2.05, 4.69) is 26.7 Å². The molecule has 3 N–H and O–H groups in total. The van der Waals surface area contributed by atoms with Crippen molar-refractivity contribution >= 4 is 50.5 Å². The van der Waals surface area contributed by atoms with Crippen LogP contribution in [0.2, 0.25) is 0 Å². The SMILES string of the molecule is C=C[C@@H]1C[C@]1(NC(=O)[C@@H]1C[C@@H](Oc2cc(-c3ccccc3)nc3cc(OC)ccc23)CN1C(=O)[C@@H](NC(=O)C(=O)OC)C(C)(C)C)C(=O)NS(=O)(=O)C1CC1. The molecular formula is C39H45N5O10S. The maximum Gasteiger partial charge on any atom is 0.396 e. The summed E-state index contributed by atoms with van der Waals surface area (Å²) in [6.07, 6.45) is 1.60. The third-order valence-corrected chi connectivity index (χ3v) is 12.0. The van der Waals surface area contributed by atoms with E-state index in [-0.39, 0.29) is 19.4 Å². The minimum Gasteiger partial charge on any atom is -0.497 e. The molecule has 1 aromatic heterocycles. The first-order valence-corrected chi connectivity index (χ1v) is 19.5. The lowest BCUT2D eigenvalue weighted by atomic mass is 9.85. The predicted octanol–water partition coefficient (Wildman–Crippen LogP) is 2.63. The first kappa shape index (κ1) is 39.2. The molecule has 0 bridgehead atoms. The number of carbonyl (C=O) groups is 5. The Morgan fingerprint density at radius 1 is 1.04 bits per heavy atom. The van der Waals surface area contributed by atoms with Gasteiger partial charge in [-0.05, 0) is 36.8 Å². The van der Waals surface area contributed by atoms with Crippen LogP contribution in [0.25, 0.3) is 22.2 Å². The molecule has 2 saturated carbocycles. The molecule has 0 spiro atoms. The number of fused-ring (bicyclic) bond motifs is 1. The van der Waals surface area contributed by atoms with Crippen LogP contribution in [0, 0.1) is 11.3 Å². The van der Waals surface area contributed by atoms with Gasteiger partial charge in [0, 0.05) is 35.4 Å². The predicted molar refractivity (Wildman–Crippen MR) is 201 cm³/mol. The van der Waals surface area contributed by atoms with Crippen LogP contribution in [0.15, 0.2) is 67.3 Å². The molecule has 0 unspecified atom stereocenters. The van der Waals surface area contributed by atoms with E-state index in [4.69, 9.17) is 14.5 Å². The van der Waals surface area contributed by atoms with Crippen LogP contribution in [0.5, 0.6) is 11.5 Å². The number of hydrogen-bond acceptors (Lipinski definition) is 11. The van der Waals surface area contributed by atoms with E-state index >= 15 is 0 Å². The molecule has 1 aliphatic heterocycles. The quantitative estimate of drug-likeness (QED) is 0.139. The lowest BCUT2D eigenvalue weighted by Crippen LogP contribution is -2.60. The standard InChI is InChI=1S/C39H45N5O10S/c1-7-23-20-39(23,37(49)43-55(50,51)26-14-15-26)42-33(45)30-18-25(21-44(30)35(47)32(38(2,3)4)41-34(46)36(48)53-6)54-31-19-28(22-11-9-8-10-12-22)40-29-17-24(52-5)13-16-27(29)31/h7-13,16-17,19,23,25-26,30,32H,1,14-15,18,20-21H2,2-6H3,(H,41,46)(H,42,45)(H,43,49)/t23-,25-,30+,32-,39-/m1/s1. The largest absolute Gasteiger partial charge is 0.497 e. The van der Waals surface area contributed by atoms with E-state index in [0.29, 0.717) is 40.9 Å². The van der Waals surface area contributed by atoms with Gasteiger partial charge in [-0.25, -0.2) is 18.2 Å². The highest BCUT2D eigenvalue weighted by Gasteiger charge is 2.62. The molecule has 0 radical (unpaired) electrons. The van der Waals surface area contributed by atoms with Crippen molar-refractivity contribution in [2.75, 3.05) is 20.8 Å². The van der Waals surface area contributed by atoms with Gasteiger partial charge in [0.25, 0.3) is 5.91 Å². The van der Waals surface area contributed by atoms with Crippen LogP contribution in [-0.2, 0) is 38.7 Å². The normalized spacial score (nSPS) is 22.6. The number of rotatable bonds is 12. The summed E-state index contributed by atoms with van der Waals surface area (Å²) in [5.74, 6) is -4.21. The number of methoxy groups -OCH3 is 2. The van der Waals surface area contributed by atoms with Gasteiger partial charge in [0.15, 0.2) is 0 Å². The molecule has 3 aliphatic rings. The van der Waals surface area contributed by atoms with Gasteiger partial charge in [0.1, 0.15) is 35.2 Å². The number of benzene rings is 2. The van der Waals surface area contributed by atoms with E-state index < -0.39 is 79.9 Å². The summed E-state index contributed by atoms with van der Waals surface area (Å²) in [6.45, 7) is 8.70. The highest BCUT2D eigenvalue weighted by molar-refractivity contribution is 7.91. The second-order valence-electron chi connectivity index (χ2n) is 15.2. The average molecular weight is 776 g/mol. The number of aromatic nitrogens is 1. The number of pyridine rings is 1. The van der Waals surface area contributed by atoms with E-state index in [9.17, 15) is 32.4 Å². The van der Waals surface area contributed by atoms with E-state index in [1.54, 1.807) is 52.1 Å². The molecule has 55 heavy (non-hydrogen) atoms. The summed E-state index contributed by atoms with van der Waals surface area (Å²) in [6, 6.07) is 14.0. The van der Waals surface area contributed by atoms with E-state index in [1.165, 1.54) is 11.0 Å². The van der Waals surface area contributed by atoms with Gasteiger partial charge in [0.05, 0.1) is 37.2 Å². The maximum absolute atomic E-state index is 14.5. The Hall–Kier alpha value is -5.51. The van der Waals surface area contributed by atoms with Gasteiger partial charge in [-0.1, -0.05) is 57.2 Å². The Morgan fingerprint density at radius 3 is 2.35 bits per heavy atom. The second kappa shape index (κ2) is 15.0. The van der Waals surface area contributed by atoms with Crippen LogP contribution in [0.3, 0.4) is 0 Å². The Morgan fingerprint density at radius 2 is 1.75 bits per heavy atom. The highest BCUT2D eigenvalue weighted by Crippen LogP contribution is 2.46. The summed E-state index contributed by atoms with van der Waals surface area (Å²) >= 11 is 0. The molecule has 3 aromatic rings. The topological polar surface area (TPSA) is 199 Å². The number of hydrogen-bond donors (Lipinski definition) is 3. The molecule has 5 atom stereocenters. The first-order valence-electron chi connectivity index (χ1n) is 17.9. The van der Waals surface area contributed by atoms with Crippen LogP contribution in [0.1, 0.15) is 46.5 Å². The monoisotopic (exact) mass is 775 g/mol. The fourth-order valence-corrected chi connectivity index (χ4v) is 8.19. The molecule has 1 saturated heterocycles. The molecule has 2 heterocycles. The smallest absolute Gasteiger partial charge is 0.396 e. The zero-order valence-corrected chi connectivity index (χ0v) is 32.1. The number of ether oxygens (including phenoxy) is 3. The van der Waals surface area contributed by atoms with E-state index in [1.807, 2.05) is 30.3 Å². The summed E-state index contributed by atoms with van der Waals surface area (Å²) in [4.78, 5) is 73.3. The van der Waals surface area contributed by atoms with Crippen LogP contribution in [-0.4, -0.2) is 97.6 Å². The van der Waals surface area contributed by atoms with Gasteiger partial charge in [-0.3, -0.25) is 23.9 Å². The fraction of sp³-hybridized carbons (Fsp3) is 0.436. The zero-order valence-electron chi connectivity index (χ0n) is 31.3. The number of sulfonamides is 1. The Kier molecular flexibility index (Phi) is 10.7. The lowest BCUT2D eigenvalue weighted by Gasteiger charge is -2.35. The molecule has 2 aromatic carbocycles. The van der Waals surface area contributed by atoms with Crippen molar-refractivity contribution in [1.29, 1.82) is 0 Å². The lowest BCUT2D eigenvalue weighted by molar-refractivity contribution is -0.155. The van der Waals surface area contributed by atoms with Gasteiger partial charge in [-0.2, -0.15) is 0 Å². The summed E-state index contributed by atoms with van der Waals surface area (Å²) < 4.78 is 44.2. The summed E-state index contributed by atoms with van der Waals surface area (Å²) in [5, 5.41) is 5.19. The zero-order chi connectivity index (χ0) is 39.9. The molecule has 2 aliphatic carbocycles. The molecule has 15 nitrogen and oxygen atoms in total. The van der Waals surface area contributed by atoms with Gasteiger partial charge >= 0.3 is 11.9 Å². The number of nitrogens with one attached hydrogen (secondary N) is 3. The third-order valence-electron chi connectivity index (χ3n) is 10.2. The van der Waals surface area contributed by atoms with Crippen molar-refractivity contribution in [3.05, 3.63) is 67.3 Å². The number of esters is 1. The van der Waals surface area contributed by atoms with E-state index in [0.717, 1.165) is 12.7 Å². The Bertz CT molecular complexity index is 2150. The van der Waals surface area contributed by atoms with Crippen molar-refractivity contribution in [3.8, 4) is 22.8 Å². The second-order valence-corrected chi connectivity index (χ2v) is 17.1. The maximum atomic E-state index is 14.5. The van der Waals surface area contributed by atoms with Gasteiger partial charge in [-0.15, -0.1) is 6.58 Å². The summed E-state index contributed by atoms with van der Waals surface area (Å²) in [5.41, 5.74) is -0.558. The van der Waals surface area contributed by atoms with Crippen molar-refractivity contribution < 1.29 is 46.6 Å². The molecule has 4 amide bonds. The van der Waals surface area contributed by atoms with Gasteiger partial charge < -0.3 is 29.7 Å². The van der Waals surface area contributed by atoms with Gasteiger partial charge in [0.2, 0.25) is 21.8 Å². The van der Waals surface area contributed by atoms with Crippen molar-refractivity contribution in [1.82, 2.24) is 25.2 Å². The number of likely N-dealkylation sites (tertiary alicyclic amines) is 1. The Labute approximate surface area is 319 Å². The van der Waals surface area contributed by atoms with Crippen LogP contribution < -0.4 is 24.8 Å². The molecule has 6 rings (SSSR count). The van der Waals surface area contributed by atoms with Crippen LogP contribution in [0.4, 0.5) is 0 Å². The number of amides is 4. The number of nitrogens with zero attached hydrogens (tertiary/aromatic N) is 2.